The zero-order valence-electron chi connectivity index (χ0n) is 5.46. The highest BCUT2D eigenvalue weighted by Gasteiger charge is 2.17. The molecule has 1 aromatic rings. The van der Waals surface area contributed by atoms with Gasteiger partial charge in [-0.3, -0.25) is 0 Å². The monoisotopic (exact) mass is 273 g/mol. The molecule has 0 saturated carbocycles. The van der Waals surface area contributed by atoms with Crippen molar-refractivity contribution in [2.24, 2.45) is 0 Å². The zero-order valence-corrected chi connectivity index (χ0v) is 8.62. The summed E-state index contributed by atoms with van der Waals surface area (Å²) in [5.74, 6) is 0. The van der Waals surface area contributed by atoms with Gasteiger partial charge in [-0.1, -0.05) is 15.5 Å². The summed E-state index contributed by atoms with van der Waals surface area (Å²) in [5, 5.41) is -0.429. The van der Waals surface area contributed by atoms with E-state index in [0.29, 0.717) is 0 Å². The molecular weight excluding hydrogens is 272 g/mol. The number of hydrogen-bond donors (Lipinski definition) is 0. The molecule has 0 N–H and O–H groups in total. The number of aromatic nitrogens is 1. The molecule has 0 aliphatic rings. The van der Waals surface area contributed by atoms with Gasteiger partial charge in [0.25, 0.3) is 0 Å². The number of halogens is 3. The minimum Gasteiger partial charge on any atom is -0.240 e. The molecule has 0 aliphatic carbocycles. The van der Waals surface area contributed by atoms with Gasteiger partial charge in [0.05, 0.1) is 9.50 Å². The second-order valence-electron chi connectivity index (χ2n) is 1.88. The molecule has 0 bridgehead atoms. The largest absolute Gasteiger partial charge is 0.350 e. The predicted octanol–water partition coefficient (Wildman–Crippen LogP) is 2.16. The first kappa shape index (κ1) is 9.88. The maximum absolute atomic E-state index is 12.4. The summed E-state index contributed by atoms with van der Waals surface area (Å²) in [4.78, 5) is 3.31. The smallest absolute Gasteiger partial charge is 0.240 e. The van der Waals surface area contributed by atoms with E-state index in [1.54, 1.807) is 0 Å². The molecule has 1 rings (SSSR count). The van der Waals surface area contributed by atoms with Crippen molar-refractivity contribution in [1.29, 1.82) is 0 Å². The normalized spacial score (nSPS) is 11.6. The minimum absolute atomic E-state index is 0.0116. The Bertz CT molecular complexity index is 408. The molecule has 0 aromatic carbocycles. The molecule has 0 amide bonds. The summed E-state index contributed by atoms with van der Waals surface area (Å²) in [6.45, 7) is 0. The van der Waals surface area contributed by atoms with Crippen LogP contribution in [-0.4, -0.2) is 13.4 Å². The third kappa shape index (κ3) is 2.15. The second-order valence-corrected chi connectivity index (χ2v) is 4.43. The van der Waals surface area contributed by atoms with E-state index in [9.17, 15) is 12.3 Å². The van der Waals surface area contributed by atoms with Crippen LogP contribution in [0, 0.1) is 0 Å². The molecule has 0 fully saturated rings. The van der Waals surface area contributed by atoms with Crippen molar-refractivity contribution in [3.05, 3.63) is 21.8 Å². The number of rotatable bonds is 1. The molecule has 1 heterocycles. The van der Waals surface area contributed by atoms with Crippen molar-refractivity contribution in [3.63, 3.8) is 0 Å². The van der Waals surface area contributed by atoms with Crippen molar-refractivity contribution < 1.29 is 12.3 Å². The Kier molecular flexibility index (Phi) is 2.70. The molecule has 0 saturated heterocycles. The molecule has 66 valence electrons. The molecule has 12 heavy (non-hydrogen) atoms. The number of hydrogen-bond acceptors (Lipinski definition) is 3. The van der Waals surface area contributed by atoms with Crippen LogP contribution in [-0.2, 0) is 10.2 Å². The molecule has 7 heteroatoms. The van der Waals surface area contributed by atoms with Gasteiger partial charge in [-0.25, -0.2) is 4.98 Å². The van der Waals surface area contributed by atoms with Crippen LogP contribution >= 0.6 is 27.5 Å². The maximum Gasteiger partial charge on any atom is 0.350 e. The van der Waals surface area contributed by atoms with Crippen molar-refractivity contribution in [2.45, 2.75) is 5.03 Å². The lowest BCUT2D eigenvalue weighted by atomic mass is 10.5. The maximum atomic E-state index is 12.4. The molecule has 0 radical (unpaired) electrons. The molecule has 0 unspecified atom stereocenters. The molecule has 0 aliphatic heterocycles. The van der Waals surface area contributed by atoms with Crippen LogP contribution in [0.1, 0.15) is 0 Å². The topological polar surface area (TPSA) is 47.0 Å². The Morgan fingerprint density at radius 2 is 2.17 bits per heavy atom. The lowest BCUT2D eigenvalue weighted by Gasteiger charge is -1.96. The van der Waals surface area contributed by atoms with E-state index in [-0.39, 0.29) is 9.50 Å². The molecule has 1 aromatic heterocycles. The SMILES string of the molecule is O=S(=O)(F)c1ncc(Cl)cc1Br. The van der Waals surface area contributed by atoms with Gasteiger partial charge in [-0.05, 0) is 22.0 Å². The summed E-state index contributed by atoms with van der Waals surface area (Å²) < 4.78 is 33.1. The summed E-state index contributed by atoms with van der Waals surface area (Å²) in [7, 11) is -4.77. The first-order chi connectivity index (χ1) is 5.41. The van der Waals surface area contributed by atoms with Gasteiger partial charge in [-0.15, -0.1) is 0 Å². The summed E-state index contributed by atoms with van der Waals surface area (Å²) >= 11 is 8.27. The molecule has 3 nitrogen and oxygen atoms in total. The highest BCUT2D eigenvalue weighted by atomic mass is 79.9. The van der Waals surface area contributed by atoms with Gasteiger partial charge in [0.15, 0.2) is 0 Å². The van der Waals surface area contributed by atoms with E-state index in [1.165, 1.54) is 6.07 Å². The highest BCUT2D eigenvalue weighted by Crippen LogP contribution is 2.23. The first-order valence-electron chi connectivity index (χ1n) is 2.67. The van der Waals surface area contributed by atoms with Gasteiger partial charge >= 0.3 is 10.2 Å². The fraction of sp³-hybridized carbons (Fsp3) is 0. The number of pyridine rings is 1. The molecule has 0 spiro atoms. The van der Waals surface area contributed by atoms with Crippen LogP contribution in [0.25, 0.3) is 0 Å². The van der Waals surface area contributed by atoms with Crippen LogP contribution in [0.4, 0.5) is 3.89 Å². The number of nitrogens with zero attached hydrogens (tertiary/aromatic N) is 1. The van der Waals surface area contributed by atoms with Crippen LogP contribution < -0.4 is 0 Å². The highest BCUT2D eigenvalue weighted by molar-refractivity contribution is 9.10. The standard InChI is InChI=1S/C5H2BrClFNO2S/c6-4-1-3(7)2-9-5(4)12(8,10)11/h1-2H. The average molecular weight is 274 g/mol. The van der Waals surface area contributed by atoms with E-state index in [4.69, 9.17) is 11.6 Å². The lowest BCUT2D eigenvalue weighted by Crippen LogP contribution is -1.96. The van der Waals surface area contributed by atoms with E-state index in [1.807, 2.05) is 0 Å². The predicted molar refractivity (Wildman–Crippen MR) is 45.2 cm³/mol. The zero-order chi connectivity index (χ0) is 9.35. The lowest BCUT2D eigenvalue weighted by molar-refractivity contribution is 0.547. The summed E-state index contributed by atoms with van der Waals surface area (Å²) in [5.41, 5.74) is 0. The molecular formula is C5H2BrClFNO2S. The Labute approximate surface area is 81.9 Å². The van der Waals surface area contributed by atoms with Gasteiger partial charge in [0, 0.05) is 6.20 Å². The van der Waals surface area contributed by atoms with Gasteiger partial charge in [0.1, 0.15) is 0 Å². The Morgan fingerprint density at radius 1 is 1.58 bits per heavy atom. The van der Waals surface area contributed by atoms with Crippen LogP contribution in [0.15, 0.2) is 21.8 Å². The van der Waals surface area contributed by atoms with Crippen molar-refractivity contribution in [3.8, 4) is 0 Å². The van der Waals surface area contributed by atoms with Crippen molar-refractivity contribution in [1.82, 2.24) is 4.98 Å². The van der Waals surface area contributed by atoms with Gasteiger partial charge < -0.3 is 0 Å². The fourth-order valence-corrected chi connectivity index (χ4v) is 2.27. The summed E-state index contributed by atoms with van der Waals surface area (Å²) in [6.07, 6.45) is 1.05. The summed E-state index contributed by atoms with van der Waals surface area (Å²) in [6, 6.07) is 1.25. The van der Waals surface area contributed by atoms with Crippen molar-refractivity contribution >= 4 is 37.8 Å². The average Bonchev–Trinajstić information content (AvgIpc) is 1.83. The third-order valence-corrected chi connectivity index (χ3v) is 2.87. The quantitative estimate of drug-likeness (QED) is 0.737. The third-order valence-electron chi connectivity index (χ3n) is 1.01. The van der Waals surface area contributed by atoms with Crippen LogP contribution in [0.5, 0.6) is 0 Å². The Hall–Kier alpha value is -0.200. The van der Waals surface area contributed by atoms with E-state index < -0.39 is 15.2 Å². The minimum atomic E-state index is -4.77. The van der Waals surface area contributed by atoms with E-state index in [0.717, 1.165) is 6.20 Å². The van der Waals surface area contributed by atoms with E-state index in [2.05, 4.69) is 20.9 Å². The Balaban J connectivity index is 3.39. The van der Waals surface area contributed by atoms with Crippen molar-refractivity contribution in [2.75, 3.05) is 0 Å². The Morgan fingerprint density at radius 3 is 2.58 bits per heavy atom. The molecule has 0 atom stereocenters. The van der Waals surface area contributed by atoms with Crippen LogP contribution in [0.2, 0.25) is 5.02 Å². The first-order valence-corrected chi connectivity index (χ1v) is 5.22. The fourth-order valence-electron chi connectivity index (χ4n) is 0.581. The van der Waals surface area contributed by atoms with Gasteiger partial charge in [-0.2, -0.15) is 8.42 Å². The van der Waals surface area contributed by atoms with Crippen LogP contribution in [0.3, 0.4) is 0 Å². The van der Waals surface area contributed by atoms with E-state index >= 15 is 0 Å². The van der Waals surface area contributed by atoms with Gasteiger partial charge in [0.2, 0.25) is 5.03 Å². The second kappa shape index (κ2) is 3.27.